The fourth-order valence-corrected chi connectivity index (χ4v) is 8.33. The summed E-state index contributed by atoms with van der Waals surface area (Å²) < 4.78 is 27.6. The molecule has 74 heavy (non-hydrogen) atoms. The summed E-state index contributed by atoms with van der Waals surface area (Å²) in [6.45, 7) is 4.54. The number of carboxylic acids is 1. The van der Waals surface area contributed by atoms with Crippen molar-refractivity contribution in [3.05, 3.63) is 156 Å². The minimum absolute atomic E-state index is 0. The Balaban J connectivity index is 0.000000240. The van der Waals surface area contributed by atoms with Gasteiger partial charge in [-0.05, 0) is 138 Å². The van der Waals surface area contributed by atoms with E-state index in [1.54, 1.807) is 19.5 Å². The van der Waals surface area contributed by atoms with Crippen molar-refractivity contribution in [1.29, 1.82) is 0 Å². The maximum absolute atomic E-state index is 13.4. The van der Waals surface area contributed by atoms with Crippen LogP contribution >= 0.6 is 0 Å². The topological polar surface area (TPSA) is 199 Å². The number of aliphatic hydroxyl groups is 1. The number of Topliss-reactive ketones (excluding diaryl/α,β-unsaturated/α-hetero) is 1. The molecular weight excluding hydrogens is 936 g/mol. The van der Waals surface area contributed by atoms with Crippen LogP contribution < -0.4 is 28.3 Å². The Morgan fingerprint density at radius 3 is 1.36 bits per heavy atom. The number of ether oxygens (including phenoxy) is 3. The van der Waals surface area contributed by atoms with Crippen molar-refractivity contribution in [2.45, 2.75) is 128 Å². The molecule has 2 aromatic heterocycles. The van der Waals surface area contributed by atoms with Gasteiger partial charge in [0.05, 0.1) is 25.7 Å². The monoisotopic (exact) mass is 1000 g/mol. The molecule has 0 radical (unpaired) electrons. The molecule has 2 aliphatic carbocycles. The molecule has 3 aliphatic rings. The van der Waals surface area contributed by atoms with E-state index in [9.17, 15) is 19.2 Å². The first-order valence-electron chi connectivity index (χ1n) is 25.4. The molecular formula is C59H69LiN2O12. The maximum atomic E-state index is 13.4. The summed E-state index contributed by atoms with van der Waals surface area (Å²) in [5.41, 5.74) is 5.24. The van der Waals surface area contributed by atoms with Gasteiger partial charge in [-0.15, -0.1) is 0 Å². The molecule has 1 unspecified atom stereocenters. The molecule has 9 rings (SSSR count). The second-order valence-corrected chi connectivity index (χ2v) is 18.5. The number of aliphatic hydroxyl groups excluding tert-OH is 1. The van der Waals surface area contributed by atoms with Crippen LogP contribution in [0.1, 0.15) is 129 Å². The second kappa shape index (κ2) is 30.7. The van der Waals surface area contributed by atoms with E-state index in [4.69, 9.17) is 33.3 Å². The van der Waals surface area contributed by atoms with Crippen molar-refractivity contribution in [3.63, 3.8) is 0 Å². The van der Waals surface area contributed by atoms with E-state index in [-0.39, 0.29) is 60.4 Å². The smallest absolute Gasteiger partial charge is 0.870 e. The zero-order valence-corrected chi connectivity index (χ0v) is 42.8. The van der Waals surface area contributed by atoms with Gasteiger partial charge in [0.2, 0.25) is 0 Å². The SMILES string of the molecule is CC(=O)CCCCCOc1ccccc1CN(C(=O)c1ccc(-c2ccco2)cc1)C1CC1.O=C(O)CCCCCOc1ccccc1CN(C(=O)c1ccc(-c2ccco2)cc1)C1CC1.OC1CCCO1.[Li+].[OH-]. The van der Waals surface area contributed by atoms with Crippen molar-refractivity contribution in [3.8, 4) is 34.1 Å². The van der Waals surface area contributed by atoms with Crippen molar-refractivity contribution in [2.24, 2.45) is 0 Å². The van der Waals surface area contributed by atoms with Gasteiger partial charge in [0.25, 0.3) is 11.8 Å². The van der Waals surface area contributed by atoms with Crippen LogP contribution in [0, 0.1) is 0 Å². The Labute approximate surface area is 446 Å². The molecule has 6 aromatic rings. The molecule has 0 bridgehead atoms. The number of hydrogen-bond donors (Lipinski definition) is 2. The third kappa shape index (κ3) is 18.8. The van der Waals surface area contributed by atoms with Crippen molar-refractivity contribution in [2.75, 3.05) is 19.8 Å². The Hall–Kier alpha value is -6.40. The predicted molar refractivity (Wildman–Crippen MR) is 276 cm³/mol. The fraction of sp³-hybridized carbons (Fsp3) is 0.390. The minimum atomic E-state index is -0.762. The molecule has 1 aliphatic heterocycles. The van der Waals surface area contributed by atoms with Crippen molar-refractivity contribution >= 4 is 23.6 Å². The number of nitrogens with zero attached hydrogens (tertiary/aromatic N) is 2. The standard InChI is InChI=1S/C28H31NO4.C27H29NO5.C4H8O2.Li.H2O/c1-21(30)8-3-2-6-18-32-27-10-5-4-9-24(27)20-29(25-16-17-25)28(31)23-14-12-22(13-15-23)26-11-7-19-33-26;29-26(30)10-2-1-5-17-32-25-8-4-3-7-22(25)19-28(23-15-16-23)27(31)21-13-11-20(12-14-21)24-9-6-18-33-24;5-4-2-1-3-6-4;;/h4-5,7,9-15,19,25H,2-3,6,8,16-18,20H2,1H3;3-4,6-9,11-14,18,23H,1-2,5,10,15-17,19H2,(H,29,30);4-5H,1-3H2;;1H2/q;;;+1;/p-1. The zero-order valence-electron chi connectivity index (χ0n) is 42.8. The molecule has 1 saturated heterocycles. The molecule has 388 valence electrons. The van der Waals surface area contributed by atoms with Crippen LogP contribution in [0.4, 0.5) is 0 Å². The summed E-state index contributed by atoms with van der Waals surface area (Å²) in [7, 11) is 0. The van der Waals surface area contributed by atoms with Gasteiger partial charge in [-0.1, -0.05) is 60.7 Å². The zero-order chi connectivity index (χ0) is 50.5. The third-order valence-electron chi connectivity index (χ3n) is 12.6. The molecule has 0 spiro atoms. The van der Waals surface area contributed by atoms with Gasteiger partial charge in [0.15, 0.2) is 6.29 Å². The van der Waals surface area contributed by atoms with Gasteiger partial charge in [0, 0.05) is 84.4 Å². The number of hydrogen-bond acceptors (Lipinski definition) is 11. The minimum Gasteiger partial charge on any atom is -0.870 e. The fourth-order valence-electron chi connectivity index (χ4n) is 8.33. The van der Waals surface area contributed by atoms with Gasteiger partial charge >= 0.3 is 24.8 Å². The Kier molecular flexibility index (Phi) is 24.3. The first-order chi connectivity index (χ1) is 35.1. The number of furan rings is 2. The van der Waals surface area contributed by atoms with Gasteiger partial charge in [-0.2, -0.15) is 0 Å². The summed E-state index contributed by atoms with van der Waals surface area (Å²) in [4.78, 5) is 52.3. The van der Waals surface area contributed by atoms with E-state index >= 15 is 0 Å². The van der Waals surface area contributed by atoms with Crippen LogP contribution in [0.2, 0.25) is 0 Å². The van der Waals surface area contributed by atoms with Crippen molar-refractivity contribution in [1.82, 2.24) is 9.80 Å². The van der Waals surface area contributed by atoms with Gasteiger partial charge < -0.3 is 53.3 Å². The van der Waals surface area contributed by atoms with E-state index in [0.29, 0.717) is 50.3 Å². The molecule has 15 heteroatoms. The second-order valence-electron chi connectivity index (χ2n) is 18.5. The summed E-state index contributed by atoms with van der Waals surface area (Å²) in [6.07, 6.45) is 14.7. The van der Waals surface area contributed by atoms with Crippen molar-refractivity contribution < 1.29 is 76.8 Å². The molecule has 2 amide bonds. The quantitative estimate of drug-likeness (QED) is 0.0432. The van der Waals surface area contributed by atoms with Crippen LogP contribution in [0.25, 0.3) is 22.6 Å². The van der Waals surface area contributed by atoms with Crippen LogP contribution in [0.3, 0.4) is 0 Å². The van der Waals surface area contributed by atoms with E-state index in [1.807, 2.05) is 131 Å². The largest absolute Gasteiger partial charge is 1.00 e. The number of benzene rings is 4. The van der Waals surface area contributed by atoms with Gasteiger partial charge in [0.1, 0.15) is 28.8 Å². The third-order valence-corrected chi connectivity index (χ3v) is 12.6. The van der Waals surface area contributed by atoms with Gasteiger partial charge in [-0.3, -0.25) is 14.4 Å². The number of amides is 2. The first-order valence-corrected chi connectivity index (χ1v) is 25.4. The summed E-state index contributed by atoms with van der Waals surface area (Å²) in [5.74, 6) is 2.72. The molecule has 3 fully saturated rings. The molecule has 2 saturated carbocycles. The Morgan fingerprint density at radius 2 is 1.01 bits per heavy atom. The molecule has 4 aromatic carbocycles. The predicted octanol–water partition coefficient (Wildman–Crippen LogP) is 9.00. The number of para-hydroxylation sites is 2. The summed E-state index contributed by atoms with van der Waals surface area (Å²) in [5, 5.41) is 17.2. The van der Waals surface area contributed by atoms with Gasteiger partial charge in [-0.25, -0.2) is 0 Å². The Morgan fingerprint density at radius 1 is 0.568 bits per heavy atom. The molecule has 3 N–H and O–H groups in total. The number of carbonyl (C=O) groups is 4. The number of carboxylic acid groups (broad SMARTS) is 1. The number of aliphatic carboxylic acids is 1. The van der Waals surface area contributed by atoms with E-state index in [2.05, 4.69) is 0 Å². The number of rotatable bonds is 24. The van der Waals surface area contributed by atoms with E-state index < -0.39 is 12.3 Å². The normalized spacial score (nSPS) is 14.4. The number of unbranched alkanes of at least 4 members (excludes halogenated alkanes) is 4. The molecule has 1 atom stereocenters. The maximum Gasteiger partial charge on any atom is 1.00 e. The average molecular weight is 1010 g/mol. The first kappa shape index (κ1) is 58.5. The van der Waals surface area contributed by atoms with Crippen LogP contribution in [0.15, 0.2) is 143 Å². The summed E-state index contributed by atoms with van der Waals surface area (Å²) in [6, 6.07) is 39.0. The van der Waals surface area contributed by atoms with Crippen LogP contribution in [-0.4, -0.2) is 87.3 Å². The van der Waals surface area contributed by atoms with Crippen LogP contribution in [-0.2, 0) is 27.4 Å². The molecule has 14 nitrogen and oxygen atoms in total. The van der Waals surface area contributed by atoms with E-state index in [0.717, 1.165) is 123 Å². The Bertz CT molecular complexity index is 2420. The van der Waals surface area contributed by atoms with Crippen LogP contribution in [0.5, 0.6) is 11.5 Å². The van der Waals surface area contributed by atoms with E-state index in [1.165, 1.54) is 0 Å². The number of ketones is 1. The average Bonchev–Trinajstić information content (AvgIpc) is 4.21. The number of carbonyl (C=O) groups excluding carboxylic acids is 3. The summed E-state index contributed by atoms with van der Waals surface area (Å²) >= 11 is 0. The molecule has 3 heterocycles.